The van der Waals surface area contributed by atoms with Crippen LogP contribution in [-0.4, -0.2) is 16.4 Å². The summed E-state index contributed by atoms with van der Waals surface area (Å²) in [6.07, 6.45) is 2.74. The Morgan fingerprint density at radius 1 is 1.73 bits per heavy atom. The summed E-state index contributed by atoms with van der Waals surface area (Å²) in [7, 11) is 0. The van der Waals surface area contributed by atoms with Crippen molar-refractivity contribution in [3.63, 3.8) is 0 Å². The van der Waals surface area contributed by atoms with E-state index in [-0.39, 0.29) is 11.4 Å². The van der Waals surface area contributed by atoms with Crippen LogP contribution in [0.4, 0.5) is 5.13 Å². The molecule has 4 nitrogen and oxygen atoms in total. The lowest BCUT2D eigenvalue weighted by atomic mass is 10.00. The number of hydrogen-bond donors (Lipinski definition) is 2. The highest BCUT2D eigenvalue weighted by atomic mass is 79.9. The number of nitrogens with one attached hydrogen (secondary N) is 1. The van der Waals surface area contributed by atoms with Gasteiger partial charge in [0.2, 0.25) is 5.91 Å². The summed E-state index contributed by atoms with van der Waals surface area (Å²) in [5, 5.41) is 3.33. The van der Waals surface area contributed by atoms with Crippen LogP contribution in [0.15, 0.2) is 9.98 Å². The third kappa shape index (κ3) is 5.25. The van der Waals surface area contributed by atoms with Crippen molar-refractivity contribution in [2.24, 2.45) is 5.73 Å². The standard InChI is InChI=1S/C9H14BrN3OS/c1-9(2,11)4-3-7(14)13-8-12-5-6(10)15-8/h5H,3-4,11H2,1-2H3,(H,12,13,14). The minimum atomic E-state index is -0.305. The molecular weight excluding hydrogens is 278 g/mol. The van der Waals surface area contributed by atoms with Gasteiger partial charge in [0.05, 0.1) is 9.98 Å². The first-order chi connectivity index (χ1) is 6.87. The van der Waals surface area contributed by atoms with Crippen molar-refractivity contribution in [3.8, 4) is 0 Å². The summed E-state index contributed by atoms with van der Waals surface area (Å²) in [4.78, 5) is 15.5. The molecule has 6 heteroatoms. The summed E-state index contributed by atoms with van der Waals surface area (Å²) >= 11 is 4.67. The monoisotopic (exact) mass is 291 g/mol. The van der Waals surface area contributed by atoms with E-state index in [4.69, 9.17) is 5.73 Å². The zero-order chi connectivity index (χ0) is 11.5. The van der Waals surface area contributed by atoms with Gasteiger partial charge in [-0.15, -0.1) is 0 Å². The number of amides is 1. The van der Waals surface area contributed by atoms with Gasteiger partial charge in [-0.3, -0.25) is 4.79 Å². The molecule has 0 bridgehead atoms. The van der Waals surface area contributed by atoms with Crippen molar-refractivity contribution in [1.29, 1.82) is 0 Å². The Morgan fingerprint density at radius 3 is 2.87 bits per heavy atom. The van der Waals surface area contributed by atoms with Gasteiger partial charge in [-0.1, -0.05) is 11.3 Å². The van der Waals surface area contributed by atoms with E-state index in [0.717, 1.165) is 3.79 Å². The van der Waals surface area contributed by atoms with Crippen molar-refractivity contribution < 1.29 is 4.79 Å². The minimum Gasteiger partial charge on any atom is -0.326 e. The summed E-state index contributed by atoms with van der Waals surface area (Å²) in [5.41, 5.74) is 5.48. The smallest absolute Gasteiger partial charge is 0.226 e. The number of anilines is 1. The Balaban J connectivity index is 2.37. The summed E-state index contributed by atoms with van der Waals surface area (Å²) in [6.45, 7) is 3.81. The first-order valence-corrected chi connectivity index (χ1v) is 6.18. The molecule has 0 spiro atoms. The normalized spacial score (nSPS) is 11.5. The van der Waals surface area contributed by atoms with Crippen LogP contribution in [0.2, 0.25) is 0 Å². The van der Waals surface area contributed by atoms with Crippen LogP contribution in [-0.2, 0) is 4.79 Å². The van der Waals surface area contributed by atoms with Gasteiger partial charge in [0, 0.05) is 12.0 Å². The molecule has 1 heterocycles. The maximum atomic E-state index is 11.5. The second kappa shape index (κ2) is 5.05. The van der Waals surface area contributed by atoms with Crippen molar-refractivity contribution >= 4 is 38.3 Å². The molecule has 0 aliphatic carbocycles. The minimum absolute atomic E-state index is 0.0459. The predicted molar refractivity (Wildman–Crippen MR) is 65.9 cm³/mol. The van der Waals surface area contributed by atoms with E-state index >= 15 is 0 Å². The maximum absolute atomic E-state index is 11.5. The van der Waals surface area contributed by atoms with Gasteiger partial charge in [0.1, 0.15) is 0 Å². The number of nitrogens with zero attached hydrogens (tertiary/aromatic N) is 1. The number of aromatic nitrogens is 1. The fourth-order valence-electron chi connectivity index (χ4n) is 0.930. The van der Waals surface area contributed by atoms with Crippen LogP contribution in [0.5, 0.6) is 0 Å². The van der Waals surface area contributed by atoms with Gasteiger partial charge < -0.3 is 11.1 Å². The first kappa shape index (κ1) is 12.6. The van der Waals surface area contributed by atoms with Crippen LogP contribution < -0.4 is 11.1 Å². The molecule has 0 unspecified atom stereocenters. The Bertz CT molecular complexity index is 345. The molecule has 0 fully saturated rings. The highest BCUT2D eigenvalue weighted by Crippen LogP contribution is 2.23. The highest BCUT2D eigenvalue weighted by molar-refractivity contribution is 9.11. The van der Waals surface area contributed by atoms with Gasteiger partial charge >= 0.3 is 0 Å². The molecule has 1 rings (SSSR count). The molecule has 1 aromatic heterocycles. The van der Waals surface area contributed by atoms with Crippen LogP contribution in [0.1, 0.15) is 26.7 Å². The summed E-state index contributed by atoms with van der Waals surface area (Å²) in [5.74, 6) is -0.0459. The summed E-state index contributed by atoms with van der Waals surface area (Å²) in [6, 6.07) is 0. The Kier molecular flexibility index (Phi) is 4.24. The van der Waals surface area contributed by atoms with Crippen LogP contribution >= 0.6 is 27.3 Å². The van der Waals surface area contributed by atoms with Crippen LogP contribution in [0.3, 0.4) is 0 Å². The third-order valence-electron chi connectivity index (χ3n) is 1.72. The third-order valence-corrected chi connectivity index (χ3v) is 3.11. The van der Waals surface area contributed by atoms with Gasteiger partial charge in [-0.05, 0) is 36.2 Å². The molecular formula is C9H14BrN3OS. The molecule has 0 saturated heterocycles. The fraction of sp³-hybridized carbons (Fsp3) is 0.556. The lowest BCUT2D eigenvalue weighted by molar-refractivity contribution is -0.116. The van der Waals surface area contributed by atoms with Crippen molar-refractivity contribution in [1.82, 2.24) is 4.98 Å². The van der Waals surface area contributed by atoms with E-state index in [2.05, 4.69) is 26.2 Å². The zero-order valence-corrected chi connectivity index (χ0v) is 11.1. The first-order valence-electron chi connectivity index (χ1n) is 4.57. The number of carbonyl (C=O) groups is 1. The van der Waals surface area contributed by atoms with Gasteiger partial charge in [-0.2, -0.15) is 0 Å². The SMILES string of the molecule is CC(C)(N)CCC(=O)Nc1ncc(Br)s1. The number of halogens is 1. The van der Waals surface area contributed by atoms with E-state index in [9.17, 15) is 4.79 Å². The molecule has 1 aromatic rings. The highest BCUT2D eigenvalue weighted by Gasteiger charge is 2.13. The Hall–Kier alpha value is -0.460. The predicted octanol–water partition coefficient (Wildman–Crippen LogP) is 2.36. The quantitative estimate of drug-likeness (QED) is 0.895. The average molecular weight is 292 g/mol. The lowest BCUT2D eigenvalue weighted by Crippen LogP contribution is -2.33. The number of carbonyl (C=O) groups excluding carboxylic acids is 1. The Morgan fingerprint density at radius 2 is 2.40 bits per heavy atom. The second-order valence-electron chi connectivity index (χ2n) is 4.01. The molecule has 0 aliphatic rings. The van der Waals surface area contributed by atoms with Gasteiger partial charge in [0.25, 0.3) is 0 Å². The topological polar surface area (TPSA) is 68.0 Å². The molecule has 0 saturated carbocycles. The van der Waals surface area contributed by atoms with Crippen LogP contribution in [0, 0.1) is 0 Å². The molecule has 0 radical (unpaired) electrons. The molecule has 3 N–H and O–H groups in total. The van der Waals surface area contributed by atoms with E-state index in [0.29, 0.717) is 18.0 Å². The van der Waals surface area contributed by atoms with E-state index in [1.54, 1.807) is 6.20 Å². The van der Waals surface area contributed by atoms with Crippen molar-refractivity contribution in [3.05, 3.63) is 9.98 Å². The number of thiazole rings is 1. The maximum Gasteiger partial charge on any atom is 0.226 e. The fourth-order valence-corrected chi connectivity index (χ4v) is 2.05. The molecule has 0 atom stereocenters. The van der Waals surface area contributed by atoms with Crippen molar-refractivity contribution in [2.75, 3.05) is 5.32 Å². The van der Waals surface area contributed by atoms with Gasteiger partial charge in [0.15, 0.2) is 5.13 Å². The zero-order valence-electron chi connectivity index (χ0n) is 8.71. The molecule has 1 amide bonds. The van der Waals surface area contributed by atoms with Crippen molar-refractivity contribution in [2.45, 2.75) is 32.2 Å². The largest absolute Gasteiger partial charge is 0.326 e. The van der Waals surface area contributed by atoms with E-state index in [1.807, 2.05) is 13.8 Å². The second-order valence-corrected chi connectivity index (χ2v) is 6.42. The molecule has 0 aliphatic heterocycles. The number of rotatable bonds is 4. The summed E-state index contributed by atoms with van der Waals surface area (Å²) < 4.78 is 0.900. The van der Waals surface area contributed by atoms with E-state index in [1.165, 1.54) is 11.3 Å². The van der Waals surface area contributed by atoms with Crippen LogP contribution in [0.25, 0.3) is 0 Å². The molecule has 84 valence electrons. The Labute approximate surface area is 101 Å². The molecule has 0 aromatic carbocycles. The van der Waals surface area contributed by atoms with Gasteiger partial charge in [-0.25, -0.2) is 4.98 Å². The number of hydrogen-bond acceptors (Lipinski definition) is 4. The lowest BCUT2D eigenvalue weighted by Gasteiger charge is -2.17. The number of nitrogens with two attached hydrogens (primary N) is 1. The molecule has 15 heavy (non-hydrogen) atoms. The average Bonchev–Trinajstić information content (AvgIpc) is 2.47. The van der Waals surface area contributed by atoms with E-state index < -0.39 is 0 Å².